The number of hydrogen-bond acceptors (Lipinski definition) is 5. The van der Waals surface area contributed by atoms with Crippen molar-refractivity contribution >= 4 is 32.6 Å². The molecule has 0 bridgehead atoms. The van der Waals surface area contributed by atoms with Crippen LogP contribution in [0.5, 0.6) is 0 Å². The zero-order valence-corrected chi connectivity index (χ0v) is 15.2. The number of carbonyl (C=O) groups is 1. The number of benzene rings is 1. The minimum atomic E-state index is -0.381. The Balaban J connectivity index is 1.74. The van der Waals surface area contributed by atoms with E-state index < -0.39 is 0 Å². The molecule has 4 rings (SSSR count). The van der Waals surface area contributed by atoms with Gasteiger partial charge in [0.25, 0.3) is 5.91 Å². The van der Waals surface area contributed by atoms with Crippen LogP contribution < -0.4 is 4.90 Å². The van der Waals surface area contributed by atoms with Crippen LogP contribution in [0.1, 0.15) is 30.3 Å². The summed E-state index contributed by atoms with van der Waals surface area (Å²) in [5.41, 5.74) is 0.784. The van der Waals surface area contributed by atoms with E-state index in [2.05, 4.69) is 10.1 Å². The van der Waals surface area contributed by atoms with Crippen LogP contribution in [0.15, 0.2) is 30.5 Å². The van der Waals surface area contributed by atoms with Crippen LogP contribution in [0.2, 0.25) is 0 Å². The highest BCUT2D eigenvalue weighted by Crippen LogP contribution is 2.32. The standard InChI is InChI=1S/C18H19FN4O2S/c1-2-23-14(8-9-20-23)17(24)22(11-12-5-4-10-25-12)18-21-16-13(19)6-3-7-15(16)26-18/h3,6-9,12H,2,4-5,10-11H2,1H3. The number of nitrogens with zero attached hydrogens (tertiary/aromatic N) is 4. The molecule has 0 N–H and O–H groups in total. The van der Waals surface area contributed by atoms with Crippen molar-refractivity contribution in [1.82, 2.24) is 14.8 Å². The molecule has 2 aromatic heterocycles. The SMILES string of the molecule is CCn1nccc1C(=O)N(CC1CCCO1)c1nc2c(F)cccc2s1. The van der Waals surface area contributed by atoms with Crippen molar-refractivity contribution in [2.45, 2.75) is 32.4 Å². The molecule has 26 heavy (non-hydrogen) atoms. The van der Waals surface area contributed by atoms with Gasteiger partial charge in [0, 0.05) is 19.3 Å². The average molecular weight is 374 g/mol. The number of rotatable bonds is 5. The summed E-state index contributed by atoms with van der Waals surface area (Å²) < 4.78 is 22.1. The second kappa shape index (κ2) is 7.13. The number of halogens is 1. The normalized spacial score (nSPS) is 17.1. The summed E-state index contributed by atoms with van der Waals surface area (Å²) in [6.07, 6.45) is 3.46. The number of carbonyl (C=O) groups excluding carboxylic acids is 1. The van der Waals surface area contributed by atoms with E-state index in [0.717, 1.165) is 12.8 Å². The molecule has 0 saturated carbocycles. The maximum atomic E-state index is 14.1. The minimum absolute atomic E-state index is 0.0335. The van der Waals surface area contributed by atoms with Gasteiger partial charge in [0.2, 0.25) is 0 Å². The summed E-state index contributed by atoms with van der Waals surface area (Å²) in [7, 11) is 0. The van der Waals surface area contributed by atoms with Crippen molar-refractivity contribution in [3.8, 4) is 0 Å². The second-order valence-electron chi connectivity index (χ2n) is 6.17. The lowest BCUT2D eigenvalue weighted by molar-refractivity contribution is 0.0908. The third-order valence-corrected chi connectivity index (χ3v) is 5.52. The molecule has 1 saturated heterocycles. The number of aryl methyl sites for hydroxylation is 1. The Morgan fingerprint density at radius 1 is 1.46 bits per heavy atom. The van der Waals surface area contributed by atoms with Crippen molar-refractivity contribution in [2.75, 3.05) is 18.1 Å². The van der Waals surface area contributed by atoms with Gasteiger partial charge in [-0.1, -0.05) is 17.4 Å². The zero-order valence-electron chi connectivity index (χ0n) is 14.4. The highest BCUT2D eigenvalue weighted by Gasteiger charge is 2.28. The van der Waals surface area contributed by atoms with Gasteiger partial charge < -0.3 is 4.74 Å². The monoisotopic (exact) mass is 374 g/mol. The third kappa shape index (κ3) is 3.10. The molecular weight excluding hydrogens is 355 g/mol. The van der Waals surface area contributed by atoms with Gasteiger partial charge in [0.15, 0.2) is 5.13 Å². The van der Waals surface area contributed by atoms with Gasteiger partial charge in [0.05, 0.1) is 17.3 Å². The highest BCUT2D eigenvalue weighted by molar-refractivity contribution is 7.22. The fourth-order valence-electron chi connectivity index (χ4n) is 3.16. The molecule has 0 spiro atoms. The largest absolute Gasteiger partial charge is 0.376 e. The molecule has 0 radical (unpaired) electrons. The van der Waals surface area contributed by atoms with E-state index in [-0.39, 0.29) is 17.8 Å². The van der Waals surface area contributed by atoms with Crippen LogP contribution in [0.25, 0.3) is 10.2 Å². The summed E-state index contributed by atoms with van der Waals surface area (Å²) in [6, 6.07) is 6.54. The van der Waals surface area contributed by atoms with Gasteiger partial charge in [-0.15, -0.1) is 0 Å². The molecule has 0 aliphatic carbocycles. The fourth-order valence-corrected chi connectivity index (χ4v) is 4.15. The Labute approximate surface area is 154 Å². The van der Waals surface area contributed by atoms with Crippen molar-refractivity contribution in [3.05, 3.63) is 42.0 Å². The molecule has 1 amide bonds. The van der Waals surface area contributed by atoms with Crippen LogP contribution in [-0.2, 0) is 11.3 Å². The summed E-state index contributed by atoms with van der Waals surface area (Å²) >= 11 is 1.31. The predicted molar refractivity (Wildman–Crippen MR) is 98.1 cm³/mol. The van der Waals surface area contributed by atoms with Crippen molar-refractivity contribution in [2.24, 2.45) is 0 Å². The van der Waals surface area contributed by atoms with Gasteiger partial charge in [-0.3, -0.25) is 14.4 Å². The maximum absolute atomic E-state index is 14.1. The smallest absolute Gasteiger partial charge is 0.278 e. The van der Waals surface area contributed by atoms with E-state index in [1.54, 1.807) is 27.9 Å². The number of fused-ring (bicyclic) bond motifs is 1. The number of aromatic nitrogens is 3. The predicted octanol–water partition coefficient (Wildman–Crippen LogP) is 3.48. The number of hydrogen-bond donors (Lipinski definition) is 0. The molecule has 1 aliphatic heterocycles. The van der Waals surface area contributed by atoms with Gasteiger partial charge in [-0.05, 0) is 38.0 Å². The van der Waals surface area contributed by atoms with Crippen molar-refractivity contribution < 1.29 is 13.9 Å². The molecule has 136 valence electrons. The Bertz CT molecular complexity index is 932. The van der Waals surface area contributed by atoms with E-state index in [0.29, 0.717) is 40.7 Å². The van der Waals surface area contributed by atoms with Gasteiger partial charge in [-0.25, -0.2) is 9.37 Å². The topological polar surface area (TPSA) is 60.2 Å². The molecule has 8 heteroatoms. The Morgan fingerprint density at radius 3 is 3.08 bits per heavy atom. The molecule has 3 aromatic rings. The number of amides is 1. The highest BCUT2D eigenvalue weighted by atomic mass is 32.1. The summed E-state index contributed by atoms with van der Waals surface area (Å²) in [5.74, 6) is -0.576. The van der Waals surface area contributed by atoms with Gasteiger partial charge >= 0.3 is 0 Å². The molecule has 1 aliphatic rings. The van der Waals surface area contributed by atoms with Crippen LogP contribution in [0, 0.1) is 5.82 Å². The van der Waals surface area contributed by atoms with E-state index in [9.17, 15) is 9.18 Å². The van der Waals surface area contributed by atoms with Crippen LogP contribution in [0.3, 0.4) is 0 Å². The van der Waals surface area contributed by atoms with Crippen molar-refractivity contribution in [1.29, 1.82) is 0 Å². The average Bonchev–Trinajstić information content (AvgIpc) is 3.38. The quantitative estimate of drug-likeness (QED) is 0.686. The first-order chi connectivity index (χ1) is 12.7. The van der Waals surface area contributed by atoms with Crippen LogP contribution >= 0.6 is 11.3 Å². The molecule has 1 aromatic carbocycles. The number of anilines is 1. The van der Waals surface area contributed by atoms with E-state index in [1.807, 2.05) is 13.0 Å². The maximum Gasteiger partial charge on any atom is 0.278 e. The third-order valence-electron chi connectivity index (χ3n) is 4.48. The first kappa shape index (κ1) is 17.1. The van der Waals surface area contributed by atoms with E-state index >= 15 is 0 Å². The van der Waals surface area contributed by atoms with Gasteiger partial charge in [-0.2, -0.15) is 5.10 Å². The van der Waals surface area contributed by atoms with Gasteiger partial charge in [0.1, 0.15) is 17.0 Å². The Morgan fingerprint density at radius 2 is 2.35 bits per heavy atom. The Hall–Kier alpha value is -2.32. The van der Waals surface area contributed by atoms with E-state index in [1.165, 1.54) is 17.4 Å². The van der Waals surface area contributed by atoms with E-state index in [4.69, 9.17) is 4.74 Å². The fraction of sp³-hybridized carbons (Fsp3) is 0.389. The van der Waals surface area contributed by atoms with Crippen LogP contribution in [-0.4, -0.2) is 39.9 Å². The zero-order chi connectivity index (χ0) is 18.1. The second-order valence-corrected chi connectivity index (χ2v) is 7.18. The molecular formula is C18H19FN4O2S. The van der Waals surface area contributed by atoms with Crippen molar-refractivity contribution in [3.63, 3.8) is 0 Å². The molecule has 1 fully saturated rings. The molecule has 1 unspecified atom stereocenters. The lowest BCUT2D eigenvalue weighted by Crippen LogP contribution is -2.38. The summed E-state index contributed by atoms with van der Waals surface area (Å²) in [5, 5.41) is 4.66. The Kier molecular flexibility index (Phi) is 4.69. The minimum Gasteiger partial charge on any atom is -0.376 e. The molecule has 6 nitrogen and oxygen atoms in total. The lowest BCUT2D eigenvalue weighted by Gasteiger charge is -2.23. The molecule has 1 atom stereocenters. The van der Waals surface area contributed by atoms with Crippen LogP contribution in [0.4, 0.5) is 9.52 Å². The number of ether oxygens (including phenoxy) is 1. The first-order valence-corrected chi connectivity index (χ1v) is 9.49. The summed E-state index contributed by atoms with van der Waals surface area (Å²) in [6.45, 7) is 3.63. The summed E-state index contributed by atoms with van der Waals surface area (Å²) in [4.78, 5) is 19.2. The lowest BCUT2D eigenvalue weighted by atomic mass is 10.2. The number of thiazole rings is 1. The number of para-hydroxylation sites is 1. The first-order valence-electron chi connectivity index (χ1n) is 8.67. The molecule has 3 heterocycles.